The van der Waals surface area contributed by atoms with E-state index in [4.69, 9.17) is 28.2 Å². The monoisotopic (exact) mass is 214 g/mol. The third-order valence-corrected chi connectivity index (χ3v) is 2.25. The maximum absolute atomic E-state index is 10.5. The SMILES string of the molecule is Nc1cccc(Cl)c1CC(N)C(=O)O. The number of halogens is 1. The van der Waals surface area contributed by atoms with Crippen molar-refractivity contribution < 1.29 is 9.90 Å². The van der Waals surface area contributed by atoms with E-state index in [1.54, 1.807) is 18.2 Å². The Balaban J connectivity index is 2.91. The molecule has 5 heteroatoms. The van der Waals surface area contributed by atoms with Gasteiger partial charge in [0.2, 0.25) is 0 Å². The van der Waals surface area contributed by atoms with Gasteiger partial charge in [0.15, 0.2) is 0 Å². The molecule has 0 fully saturated rings. The molecule has 5 N–H and O–H groups in total. The second-order valence-electron chi connectivity index (χ2n) is 2.96. The summed E-state index contributed by atoms with van der Waals surface area (Å²) in [4.78, 5) is 10.5. The largest absolute Gasteiger partial charge is 0.480 e. The van der Waals surface area contributed by atoms with Gasteiger partial charge in [0, 0.05) is 17.1 Å². The molecule has 0 saturated carbocycles. The van der Waals surface area contributed by atoms with Crippen molar-refractivity contribution >= 4 is 23.3 Å². The van der Waals surface area contributed by atoms with E-state index in [2.05, 4.69) is 0 Å². The third-order valence-electron chi connectivity index (χ3n) is 1.90. The average molecular weight is 215 g/mol. The Labute approximate surface area is 86.5 Å². The van der Waals surface area contributed by atoms with E-state index in [0.29, 0.717) is 16.3 Å². The van der Waals surface area contributed by atoms with Crippen LogP contribution < -0.4 is 11.5 Å². The molecule has 0 aliphatic rings. The lowest BCUT2D eigenvalue weighted by Crippen LogP contribution is -2.32. The molecule has 1 atom stereocenters. The minimum Gasteiger partial charge on any atom is -0.480 e. The van der Waals surface area contributed by atoms with Gasteiger partial charge in [0.05, 0.1) is 0 Å². The van der Waals surface area contributed by atoms with Crippen LogP contribution in [0.5, 0.6) is 0 Å². The number of nitrogen functional groups attached to an aromatic ring is 1. The summed E-state index contributed by atoms with van der Waals surface area (Å²) in [6.07, 6.45) is 0.140. The van der Waals surface area contributed by atoms with Gasteiger partial charge in [-0.2, -0.15) is 0 Å². The van der Waals surface area contributed by atoms with Crippen LogP contribution in [0.2, 0.25) is 5.02 Å². The van der Waals surface area contributed by atoms with Gasteiger partial charge in [-0.15, -0.1) is 0 Å². The van der Waals surface area contributed by atoms with E-state index in [1.165, 1.54) is 0 Å². The number of anilines is 1. The molecule has 4 nitrogen and oxygen atoms in total. The van der Waals surface area contributed by atoms with E-state index in [9.17, 15) is 4.79 Å². The highest BCUT2D eigenvalue weighted by Crippen LogP contribution is 2.22. The van der Waals surface area contributed by atoms with Crippen LogP contribution in [0.1, 0.15) is 5.56 Å². The molecule has 14 heavy (non-hydrogen) atoms. The molecule has 0 amide bonds. The van der Waals surface area contributed by atoms with E-state index in [-0.39, 0.29) is 6.42 Å². The maximum Gasteiger partial charge on any atom is 0.320 e. The predicted molar refractivity (Wildman–Crippen MR) is 55.2 cm³/mol. The molecule has 0 aromatic heterocycles. The Morgan fingerprint density at radius 3 is 2.71 bits per heavy atom. The number of nitrogens with two attached hydrogens (primary N) is 2. The van der Waals surface area contributed by atoms with Gasteiger partial charge in [-0.1, -0.05) is 17.7 Å². The Morgan fingerprint density at radius 2 is 2.21 bits per heavy atom. The molecule has 1 aromatic carbocycles. The van der Waals surface area contributed by atoms with Gasteiger partial charge in [0.1, 0.15) is 6.04 Å². The first kappa shape index (κ1) is 10.8. The summed E-state index contributed by atoms with van der Waals surface area (Å²) >= 11 is 5.85. The second kappa shape index (κ2) is 4.30. The molecular formula is C9H11ClN2O2. The summed E-state index contributed by atoms with van der Waals surface area (Å²) in [6, 6.07) is 4.04. The summed E-state index contributed by atoms with van der Waals surface area (Å²) in [7, 11) is 0. The van der Waals surface area contributed by atoms with Gasteiger partial charge in [-0.05, 0) is 17.7 Å². The van der Waals surface area contributed by atoms with Gasteiger partial charge in [0.25, 0.3) is 0 Å². The summed E-state index contributed by atoms with van der Waals surface area (Å²) in [5.74, 6) is -1.07. The fourth-order valence-electron chi connectivity index (χ4n) is 1.10. The minimum atomic E-state index is -1.07. The quantitative estimate of drug-likeness (QED) is 0.652. The Hall–Kier alpha value is -1.26. The number of carboxylic acids is 1. The van der Waals surface area contributed by atoms with Crippen molar-refractivity contribution in [3.8, 4) is 0 Å². The van der Waals surface area contributed by atoms with Crippen LogP contribution in [0.4, 0.5) is 5.69 Å². The zero-order chi connectivity index (χ0) is 10.7. The molecule has 0 aliphatic carbocycles. The van der Waals surface area contributed by atoms with Crippen molar-refractivity contribution in [1.82, 2.24) is 0 Å². The van der Waals surface area contributed by atoms with Gasteiger partial charge in [-0.3, -0.25) is 4.79 Å². The lowest BCUT2D eigenvalue weighted by atomic mass is 10.0. The highest BCUT2D eigenvalue weighted by molar-refractivity contribution is 6.31. The highest BCUT2D eigenvalue weighted by atomic mass is 35.5. The summed E-state index contributed by atoms with van der Waals surface area (Å²) in [5.41, 5.74) is 12.1. The number of hydrogen-bond acceptors (Lipinski definition) is 3. The van der Waals surface area contributed by atoms with Gasteiger partial charge >= 0.3 is 5.97 Å². The van der Waals surface area contributed by atoms with Crippen molar-refractivity contribution in [2.75, 3.05) is 5.73 Å². The molecule has 0 radical (unpaired) electrons. The van der Waals surface area contributed by atoms with Gasteiger partial charge in [-0.25, -0.2) is 0 Å². The summed E-state index contributed by atoms with van der Waals surface area (Å²) < 4.78 is 0. The van der Waals surface area contributed by atoms with Crippen molar-refractivity contribution in [2.45, 2.75) is 12.5 Å². The maximum atomic E-state index is 10.5. The lowest BCUT2D eigenvalue weighted by molar-refractivity contribution is -0.138. The molecule has 1 aromatic rings. The van der Waals surface area contributed by atoms with Crippen molar-refractivity contribution in [1.29, 1.82) is 0 Å². The fourth-order valence-corrected chi connectivity index (χ4v) is 1.36. The van der Waals surface area contributed by atoms with Crippen molar-refractivity contribution in [3.63, 3.8) is 0 Å². The van der Waals surface area contributed by atoms with Crippen LogP contribution in [0.3, 0.4) is 0 Å². The van der Waals surface area contributed by atoms with Crippen LogP contribution in [0, 0.1) is 0 Å². The molecule has 0 bridgehead atoms. The number of carboxylic acid groups (broad SMARTS) is 1. The molecule has 0 spiro atoms. The third kappa shape index (κ3) is 2.37. The number of aliphatic carboxylic acids is 1. The molecule has 0 aliphatic heterocycles. The molecule has 0 saturated heterocycles. The first-order chi connectivity index (χ1) is 6.52. The molecule has 1 rings (SSSR count). The topological polar surface area (TPSA) is 89.3 Å². The summed E-state index contributed by atoms with van der Waals surface area (Å²) in [6.45, 7) is 0. The van der Waals surface area contributed by atoms with Crippen LogP contribution in [0.15, 0.2) is 18.2 Å². The number of rotatable bonds is 3. The van der Waals surface area contributed by atoms with Crippen molar-refractivity contribution in [3.05, 3.63) is 28.8 Å². The number of hydrogen-bond donors (Lipinski definition) is 3. The van der Waals surface area contributed by atoms with Crippen LogP contribution in [-0.4, -0.2) is 17.1 Å². The van der Waals surface area contributed by atoms with E-state index in [1.807, 2.05) is 0 Å². The zero-order valence-electron chi connectivity index (χ0n) is 7.40. The van der Waals surface area contributed by atoms with Crippen molar-refractivity contribution in [2.24, 2.45) is 5.73 Å². The zero-order valence-corrected chi connectivity index (χ0v) is 8.16. The van der Waals surface area contributed by atoms with Crippen LogP contribution in [0.25, 0.3) is 0 Å². The van der Waals surface area contributed by atoms with E-state index in [0.717, 1.165) is 0 Å². The fraction of sp³-hybridized carbons (Fsp3) is 0.222. The average Bonchev–Trinajstić information content (AvgIpc) is 2.11. The second-order valence-corrected chi connectivity index (χ2v) is 3.36. The predicted octanol–water partition coefficient (Wildman–Crippen LogP) is 0.877. The summed E-state index contributed by atoms with van der Waals surface area (Å²) in [5, 5.41) is 9.06. The molecule has 76 valence electrons. The molecular weight excluding hydrogens is 204 g/mol. The standard InChI is InChI=1S/C9H11ClN2O2/c10-6-2-1-3-7(11)5(6)4-8(12)9(13)14/h1-3,8H,4,11-12H2,(H,13,14). The number of benzene rings is 1. The normalized spacial score (nSPS) is 12.4. The first-order valence-electron chi connectivity index (χ1n) is 4.03. The lowest BCUT2D eigenvalue weighted by Gasteiger charge is -2.10. The Morgan fingerprint density at radius 1 is 1.57 bits per heavy atom. The smallest absolute Gasteiger partial charge is 0.320 e. The Kier molecular flexibility index (Phi) is 3.33. The first-order valence-corrected chi connectivity index (χ1v) is 4.41. The van der Waals surface area contributed by atoms with E-state index >= 15 is 0 Å². The minimum absolute atomic E-state index is 0.140. The number of carbonyl (C=O) groups is 1. The molecule has 0 heterocycles. The van der Waals surface area contributed by atoms with E-state index < -0.39 is 12.0 Å². The van der Waals surface area contributed by atoms with Crippen LogP contribution >= 0.6 is 11.6 Å². The van der Waals surface area contributed by atoms with Crippen LogP contribution in [-0.2, 0) is 11.2 Å². The van der Waals surface area contributed by atoms with Gasteiger partial charge < -0.3 is 16.6 Å². The Bertz CT molecular complexity index is 334. The highest BCUT2D eigenvalue weighted by Gasteiger charge is 2.15. The molecule has 1 unspecified atom stereocenters.